The Morgan fingerprint density at radius 1 is 1.20 bits per heavy atom. The van der Waals surface area contributed by atoms with Gasteiger partial charge in [0.1, 0.15) is 5.75 Å². The quantitative estimate of drug-likeness (QED) is 0.636. The predicted octanol–water partition coefficient (Wildman–Crippen LogP) is 3.76. The summed E-state index contributed by atoms with van der Waals surface area (Å²) in [5, 5.41) is 11.0. The Morgan fingerprint density at radius 3 is 2.50 bits per heavy atom. The number of nitro groups is 1. The van der Waals surface area contributed by atoms with Crippen LogP contribution in [0.5, 0.6) is 11.6 Å². The molecule has 0 amide bonds. The SMILES string of the molecule is Cc1nc(Cl)c(Oc2cccc([N+](=O)[O-])c2C)nc1C. The number of aromatic nitrogens is 2. The molecule has 2 rings (SSSR count). The van der Waals surface area contributed by atoms with E-state index >= 15 is 0 Å². The van der Waals surface area contributed by atoms with Crippen LogP contribution in [0.15, 0.2) is 18.2 Å². The molecule has 0 aliphatic heterocycles. The van der Waals surface area contributed by atoms with Crippen LogP contribution in [0.4, 0.5) is 5.69 Å². The largest absolute Gasteiger partial charge is 0.436 e. The lowest BCUT2D eigenvalue weighted by Crippen LogP contribution is -1.99. The molecule has 0 unspecified atom stereocenters. The highest BCUT2D eigenvalue weighted by Gasteiger charge is 2.17. The molecule has 7 heteroatoms. The Kier molecular flexibility index (Phi) is 3.85. The second-order valence-electron chi connectivity index (χ2n) is 4.25. The first kappa shape index (κ1) is 14.2. The van der Waals surface area contributed by atoms with Gasteiger partial charge in [0.25, 0.3) is 11.6 Å². The molecule has 104 valence electrons. The van der Waals surface area contributed by atoms with Crippen LogP contribution in [-0.2, 0) is 0 Å². The molecular formula is C13H12ClN3O3. The lowest BCUT2D eigenvalue weighted by molar-refractivity contribution is -0.385. The van der Waals surface area contributed by atoms with Crippen molar-refractivity contribution in [1.29, 1.82) is 0 Å². The fourth-order valence-corrected chi connectivity index (χ4v) is 1.84. The van der Waals surface area contributed by atoms with Crippen molar-refractivity contribution < 1.29 is 9.66 Å². The first-order chi connectivity index (χ1) is 9.40. The monoisotopic (exact) mass is 293 g/mol. The second kappa shape index (κ2) is 5.42. The average molecular weight is 294 g/mol. The van der Waals surface area contributed by atoms with Crippen molar-refractivity contribution in [3.8, 4) is 11.6 Å². The lowest BCUT2D eigenvalue weighted by atomic mass is 10.2. The Balaban J connectivity index is 2.43. The van der Waals surface area contributed by atoms with Crippen LogP contribution in [0.25, 0.3) is 0 Å². The van der Waals surface area contributed by atoms with Crippen LogP contribution in [0, 0.1) is 30.9 Å². The van der Waals surface area contributed by atoms with E-state index in [1.54, 1.807) is 32.9 Å². The highest BCUT2D eigenvalue weighted by molar-refractivity contribution is 6.30. The van der Waals surface area contributed by atoms with Gasteiger partial charge in [-0.1, -0.05) is 17.7 Å². The third kappa shape index (κ3) is 2.70. The van der Waals surface area contributed by atoms with Gasteiger partial charge in [0.15, 0.2) is 5.15 Å². The average Bonchev–Trinajstić information content (AvgIpc) is 2.37. The molecule has 1 aromatic carbocycles. The standard InChI is InChI=1S/C13H12ClN3O3/c1-7-10(17(18)19)5-4-6-11(7)20-13-12(14)15-8(2)9(3)16-13/h4-6H,1-3H3. The maximum absolute atomic E-state index is 10.9. The van der Waals surface area contributed by atoms with Crippen molar-refractivity contribution in [2.24, 2.45) is 0 Å². The maximum atomic E-state index is 10.9. The van der Waals surface area contributed by atoms with Gasteiger partial charge in [-0.05, 0) is 26.8 Å². The molecule has 0 radical (unpaired) electrons. The minimum Gasteiger partial charge on any atom is -0.436 e. The number of benzene rings is 1. The summed E-state index contributed by atoms with van der Waals surface area (Å²) in [7, 11) is 0. The minimum absolute atomic E-state index is 0.0181. The van der Waals surface area contributed by atoms with Crippen LogP contribution < -0.4 is 4.74 Å². The van der Waals surface area contributed by atoms with Crippen molar-refractivity contribution in [3.05, 3.63) is 50.4 Å². The molecule has 1 aromatic heterocycles. The second-order valence-corrected chi connectivity index (χ2v) is 4.61. The number of hydrogen-bond acceptors (Lipinski definition) is 5. The van der Waals surface area contributed by atoms with Gasteiger partial charge in [-0.2, -0.15) is 0 Å². The van der Waals surface area contributed by atoms with Gasteiger partial charge < -0.3 is 4.74 Å². The number of halogens is 1. The Morgan fingerprint density at radius 2 is 1.85 bits per heavy atom. The van der Waals surface area contributed by atoms with Crippen molar-refractivity contribution in [1.82, 2.24) is 9.97 Å². The van der Waals surface area contributed by atoms with E-state index in [0.717, 1.165) is 0 Å². The topological polar surface area (TPSA) is 78.2 Å². The van der Waals surface area contributed by atoms with Gasteiger partial charge >= 0.3 is 0 Å². The van der Waals surface area contributed by atoms with E-state index in [4.69, 9.17) is 16.3 Å². The van der Waals surface area contributed by atoms with Crippen molar-refractivity contribution in [2.45, 2.75) is 20.8 Å². The summed E-state index contributed by atoms with van der Waals surface area (Å²) >= 11 is 5.97. The van der Waals surface area contributed by atoms with Gasteiger partial charge in [-0.3, -0.25) is 10.1 Å². The minimum atomic E-state index is -0.462. The first-order valence-corrected chi connectivity index (χ1v) is 6.20. The molecule has 0 saturated carbocycles. The molecule has 0 fully saturated rings. The van der Waals surface area contributed by atoms with Gasteiger partial charge in [-0.15, -0.1) is 0 Å². The highest BCUT2D eigenvalue weighted by Crippen LogP contribution is 2.32. The molecule has 0 aliphatic carbocycles. The van der Waals surface area contributed by atoms with Gasteiger partial charge in [0.2, 0.25) is 0 Å². The van der Waals surface area contributed by atoms with E-state index in [2.05, 4.69) is 9.97 Å². The fraction of sp³-hybridized carbons (Fsp3) is 0.231. The summed E-state index contributed by atoms with van der Waals surface area (Å²) in [6.07, 6.45) is 0. The number of ether oxygens (including phenoxy) is 1. The number of nitrogens with zero attached hydrogens (tertiary/aromatic N) is 3. The molecule has 0 saturated heterocycles. The van der Waals surface area contributed by atoms with Crippen LogP contribution in [0.1, 0.15) is 17.0 Å². The van der Waals surface area contributed by atoms with Crippen molar-refractivity contribution in [3.63, 3.8) is 0 Å². The van der Waals surface area contributed by atoms with E-state index < -0.39 is 4.92 Å². The number of hydrogen-bond donors (Lipinski definition) is 0. The predicted molar refractivity (Wildman–Crippen MR) is 74.4 cm³/mol. The molecule has 2 aromatic rings. The third-order valence-corrected chi connectivity index (χ3v) is 3.14. The Bertz CT molecular complexity index is 689. The Hall–Kier alpha value is -2.21. The zero-order valence-corrected chi connectivity index (χ0v) is 11.9. The number of nitro benzene ring substituents is 1. The van der Waals surface area contributed by atoms with Crippen LogP contribution in [-0.4, -0.2) is 14.9 Å². The molecule has 0 atom stereocenters. The normalized spacial score (nSPS) is 10.4. The lowest BCUT2D eigenvalue weighted by Gasteiger charge is -2.10. The fourth-order valence-electron chi connectivity index (χ4n) is 1.64. The van der Waals surface area contributed by atoms with Crippen molar-refractivity contribution in [2.75, 3.05) is 0 Å². The highest BCUT2D eigenvalue weighted by atomic mass is 35.5. The van der Waals surface area contributed by atoms with Gasteiger partial charge in [-0.25, -0.2) is 9.97 Å². The van der Waals surface area contributed by atoms with Crippen molar-refractivity contribution >= 4 is 17.3 Å². The summed E-state index contributed by atoms with van der Waals surface area (Å²) in [6, 6.07) is 4.58. The summed E-state index contributed by atoms with van der Waals surface area (Å²) in [5.74, 6) is 0.469. The van der Waals surface area contributed by atoms with Gasteiger partial charge in [0.05, 0.1) is 21.9 Å². The maximum Gasteiger partial charge on any atom is 0.276 e. The van der Waals surface area contributed by atoms with Crippen LogP contribution in [0.2, 0.25) is 5.15 Å². The summed E-state index contributed by atoms with van der Waals surface area (Å²) in [5.41, 5.74) is 1.79. The van der Waals surface area contributed by atoms with Gasteiger partial charge in [0, 0.05) is 6.07 Å². The summed E-state index contributed by atoms with van der Waals surface area (Å²) < 4.78 is 5.56. The number of rotatable bonds is 3. The summed E-state index contributed by atoms with van der Waals surface area (Å²) in [4.78, 5) is 18.7. The third-order valence-electron chi connectivity index (χ3n) is 2.89. The van der Waals surface area contributed by atoms with E-state index in [-0.39, 0.29) is 16.7 Å². The van der Waals surface area contributed by atoms with E-state index in [1.807, 2.05) is 0 Å². The molecule has 0 N–H and O–H groups in total. The first-order valence-electron chi connectivity index (χ1n) is 5.82. The molecule has 20 heavy (non-hydrogen) atoms. The van der Waals surface area contributed by atoms with E-state index in [0.29, 0.717) is 22.7 Å². The Labute approximate surface area is 120 Å². The summed E-state index contributed by atoms with van der Waals surface area (Å²) in [6.45, 7) is 5.18. The number of aryl methyl sites for hydroxylation is 2. The van der Waals surface area contributed by atoms with Crippen LogP contribution >= 0.6 is 11.6 Å². The molecule has 0 bridgehead atoms. The molecule has 6 nitrogen and oxygen atoms in total. The molecule has 0 aliphatic rings. The van der Waals surface area contributed by atoms with Crippen LogP contribution in [0.3, 0.4) is 0 Å². The zero-order valence-electron chi connectivity index (χ0n) is 11.2. The zero-order chi connectivity index (χ0) is 14.9. The van der Waals surface area contributed by atoms with E-state index in [9.17, 15) is 10.1 Å². The van der Waals surface area contributed by atoms with E-state index in [1.165, 1.54) is 6.07 Å². The molecule has 1 heterocycles. The smallest absolute Gasteiger partial charge is 0.276 e. The molecular weight excluding hydrogens is 282 g/mol. The molecule has 0 spiro atoms.